The Morgan fingerprint density at radius 1 is 1.06 bits per heavy atom. The smallest absolute Gasteiger partial charge is 0.243 e. The number of thioether (sulfide) groups is 1. The number of rotatable bonds is 12. The maximum Gasteiger partial charge on any atom is 0.243 e. The number of hydrogen-bond acceptors (Lipinski definition) is 4. The predicted molar refractivity (Wildman–Crippen MR) is 138 cm³/mol. The molecule has 2 atom stereocenters. The number of ether oxygens (including phenoxy) is 1. The van der Waals surface area contributed by atoms with Crippen LogP contribution in [0, 0.1) is 0 Å². The van der Waals surface area contributed by atoms with E-state index in [1.807, 2.05) is 45.0 Å². The van der Waals surface area contributed by atoms with E-state index >= 15 is 0 Å². The van der Waals surface area contributed by atoms with Gasteiger partial charge >= 0.3 is 0 Å². The zero-order valence-corrected chi connectivity index (χ0v) is 21.9. The fraction of sp³-hybridized carbons (Fsp3) is 0.440. The third-order valence-corrected chi connectivity index (χ3v) is 7.13. The van der Waals surface area contributed by atoms with Crippen LogP contribution in [0.3, 0.4) is 0 Å². The molecule has 2 aromatic carbocycles. The molecule has 0 unspecified atom stereocenters. The number of methoxy groups -OCH3 is 1. The normalized spacial score (nSPS) is 12.7. The first-order valence-corrected chi connectivity index (χ1v) is 12.9. The zero-order chi connectivity index (χ0) is 24.4. The van der Waals surface area contributed by atoms with Crippen LogP contribution < -0.4 is 10.1 Å². The average Bonchev–Trinajstić information content (AvgIpc) is 2.81. The van der Waals surface area contributed by atoms with Gasteiger partial charge in [-0.05, 0) is 49.6 Å². The highest BCUT2D eigenvalue weighted by Crippen LogP contribution is 2.27. The van der Waals surface area contributed by atoms with Gasteiger partial charge in [-0.25, -0.2) is 0 Å². The molecule has 2 rings (SSSR count). The minimum absolute atomic E-state index is 0.0249. The molecule has 0 saturated heterocycles. The summed E-state index contributed by atoms with van der Waals surface area (Å²) < 4.78 is 5.19. The van der Waals surface area contributed by atoms with E-state index in [2.05, 4.69) is 5.32 Å². The lowest BCUT2D eigenvalue weighted by Gasteiger charge is -2.32. The third kappa shape index (κ3) is 8.13. The first-order valence-electron chi connectivity index (χ1n) is 11.0. The predicted octanol–water partition coefficient (Wildman–Crippen LogP) is 5.96. The van der Waals surface area contributed by atoms with E-state index in [-0.39, 0.29) is 30.2 Å². The maximum absolute atomic E-state index is 13.3. The first-order chi connectivity index (χ1) is 15.8. The van der Waals surface area contributed by atoms with Gasteiger partial charge in [0.2, 0.25) is 11.8 Å². The van der Waals surface area contributed by atoms with Gasteiger partial charge < -0.3 is 15.0 Å². The van der Waals surface area contributed by atoms with Crippen molar-refractivity contribution in [1.82, 2.24) is 10.2 Å². The molecular formula is C25H32Cl2N2O3S. The number of halogens is 2. The molecule has 0 bridgehead atoms. The number of benzene rings is 2. The highest BCUT2D eigenvalue weighted by molar-refractivity contribution is 7.99. The molecule has 180 valence electrons. The van der Waals surface area contributed by atoms with Crippen molar-refractivity contribution in [2.75, 3.05) is 12.9 Å². The van der Waals surface area contributed by atoms with Crippen LogP contribution in [0.5, 0.6) is 5.75 Å². The molecule has 0 aliphatic rings. The number of nitrogens with one attached hydrogen (secondary N) is 1. The highest BCUT2D eigenvalue weighted by atomic mass is 35.5. The number of carbonyl (C=O) groups excluding carboxylic acids is 2. The molecule has 0 saturated carbocycles. The van der Waals surface area contributed by atoms with Crippen molar-refractivity contribution in [3.05, 3.63) is 63.6 Å². The van der Waals surface area contributed by atoms with Gasteiger partial charge in [-0.15, -0.1) is 11.8 Å². The molecular weight excluding hydrogens is 479 g/mol. The molecule has 0 aliphatic carbocycles. The second-order valence-corrected chi connectivity index (χ2v) is 9.60. The Hall–Kier alpha value is -1.89. The summed E-state index contributed by atoms with van der Waals surface area (Å²) in [6.45, 7) is 6.03. The average molecular weight is 512 g/mol. The highest BCUT2D eigenvalue weighted by Gasteiger charge is 2.30. The monoisotopic (exact) mass is 510 g/mol. The van der Waals surface area contributed by atoms with Crippen LogP contribution in [0.25, 0.3) is 0 Å². The second-order valence-electron chi connectivity index (χ2n) is 7.80. The van der Waals surface area contributed by atoms with Gasteiger partial charge in [-0.2, -0.15) is 0 Å². The quantitative estimate of drug-likeness (QED) is 0.382. The van der Waals surface area contributed by atoms with Crippen LogP contribution >= 0.6 is 35.0 Å². The van der Waals surface area contributed by atoms with Crippen LogP contribution in [0.2, 0.25) is 10.0 Å². The van der Waals surface area contributed by atoms with Crippen molar-refractivity contribution >= 4 is 46.8 Å². The van der Waals surface area contributed by atoms with E-state index in [1.165, 1.54) is 11.8 Å². The standard InChI is InChI=1S/C25H32Cl2N2O3S/c1-5-17(3)28-25(31)23(6-2)29(14-20-21(26)8-7-9-22(20)27)24(30)16-33-15-18-10-12-19(32-4)13-11-18/h7-13,17,23H,5-6,14-16H2,1-4H3,(H,28,31)/t17-,23+/m0/s1. The summed E-state index contributed by atoms with van der Waals surface area (Å²) in [5.74, 6) is 1.41. The van der Waals surface area contributed by atoms with E-state index in [0.29, 0.717) is 27.8 Å². The fourth-order valence-electron chi connectivity index (χ4n) is 3.28. The SMILES string of the molecule is CC[C@H](C(=O)N[C@@H](C)CC)N(Cc1c(Cl)cccc1Cl)C(=O)CSCc1ccc(OC)cc1. The van der Waals surface area contributed by atoms with Crippen molar-refractivity contribution in [2.45, 2.75) is 58.0 Å². The zero-order valence-electron chi connectivity index (χ0n) is 19.6. The topological polar surface area (TPSA) is 58.6 Å². The number of carbonyl (C=O) groups is 2. The van der Waals surface area contributed by atoms with E-state index in [4.69, 9.17) is 27.9 Å². The Morgan fingerprint density at radius 2 is 1.70 bits per heavy atom. The largest absolute Gasteiger partial charge is 0.497 e. The Labute approximate surface area is 211 Å². The summed E-state index contributed by atoms with van der Waals surface area (Å²) >= 11 is 14.3. The van der Waals surface area contributed by atoms with Gasteiger partial charge in [-0.1, -0.05) is 55.2 Å². The summed E-state index contributed by atoms with van der Waals surface area (Å²) in [6.07, 6.45) is 1.30. The van der Waals surface area contributed by atoms with Crippen LogP contribution in [0.15, 0.2) is 42.5 Å². The molecule has 33 heavy (non-hydrogen) atoms. The Morgan fingerprint density at radius 3 is 2.24 bits per heavy atom. The minimum Gasteiger partial charge on any atom is -0.497 e. The molecule has 0 aromatic heterocycles. The maximum atomic E-state index is 13.3. The number of nitrogens with zero attached hydrogens (tertiary/aromatic N) is 1. The van der Waals surface area contributed by atoms with Crippen LogP contribution in [0.1, 0.15) is 44.7 Å². The lowest BCUT2D eigenvalue weighted by atomic mass is 10.1. The molecule has 8 heteroatoms. The van der Waals surface area contributed by atoms with Crippen molar-refractivity contribution < 1.29 is 14.3 Å². The summed E-state index contributed by atoms with van der Waals surface area (Å²) in [7, 11) is 1.63. The molecule has 0 fully saturated rings. The van der Waals surface area contributed by atoms with Crippen LogP contribution in [-0.2, 0) is 21.9 Å². The van der Waals surface area contributed by atoms with Gasteiger partial charge in [0.05, 0.1) is 12.9 Å². The van der Waals surface area contributed by atoms with E-state index in [9.17, 15) is 9.59 Å². The molecule has 5 nitrogen and oxygen atoms in total. The number of hydrogen-bond donors (Lipinski definition) is 1. The lowest BCUT2D eigenvalue weighted by Crippen LogP contribution is -2.51. The molecule has 1 N–H and O–H groups in total. The van der Waals surface area contributed by atoms with E-state index in [1.54, 1.807) is 30.2 Å². The van der Waals surface area contributed by atoms with Gasteiger partial charge in [0.1, 0.15) is 11.8 Å². The van der Waals surface area contributed by atoms with Crippen molar-refractivity contribution in [3.63, 3.8) is 0 Å². The first kappa shape index (κ1) is 27.4. The third-order valence-electron chi connectivity index (χ3n) is 5.43. The Bertz CT molecular complexity index is 904. The summed E-state index contributed by atoms with van der Waals surface area (Å²) in [4.78, 5) is 28.0. The van der Waals surface area contributed by atoms with Gasteiger partial charge in [0.15, 0.2) is 0 Å². The van der Waals surface area contributed by atoms with Crippen molar-refractivity contribution in [1.29, 1.82) is 0 Å². The molecule has 0 radical (unpaired) electrons. The minimum atomic E-state index is -0.611. The van der Waals surface area contributed by atoms with Gasteiger partial charge in [0.25, 0.3) is 0 Å². The molecule has 0 spiro atoms. The summed E-state index contributed by atoms with van der Waals surface area (Å²) in [5.41, 5.74) is 1.74. The molecule has 0 aliphatic heterocycles. The molecule has 2 aromatic rings. The lowest BCUT2D eigenvalue weighted by molar-refractivity contribution is -0.139. The fourth-order valence-corrected chi connectivity index (χ4v) is 4.66. The van der Waals surface area contributed by atoms with Crippen molar-refractivity contribution in [3.8, 4) is 5.75 Å². The molecule has 0 heterocycles. The van der Waals surface area contributed by atoms with Gasteiger partial charge in [-0.3, -0.25) is 9.59 Å². The second kappa shape index (κ2) is 13.7. The van der Waals surface area contributed by atoms with E-state index in [0.717, 1.165) is 17.7 Å². The van der Waals surface area contributed by atoms with Crippen LogP contribution in [-0.4, -0.2) is 41.7 Å². The van der Waals surface area contributed by atoms with Crippen molar-refractivity contribution in [2.24, 2.45) is 0 Å². The summed E-state index contributed by atoms with van der Waals surface area (Å²) in [5, 5.41) is 3.96. The summed E-state index contributed by atoms with van der Waals surface area (Å²) in [6, 6.07) is 12.4. The van der Waals surface area contributed by atoms with Gasteiger partial charge in [0, 0.05) is 33.9 Å². The van der Waals surface area contributed by atoms with Crippen LogP contribution in [0.4, 0.5) is 0 Å². The number of amides is 2. The Balaban J connectivity index is 2.18. The molecule has 2 amide bonds. The Kier molecular flexibility index (Phi) is 11.4. The van der Waals surface area contributed by atoms with E-state index < -0.39 is 6.04 Å².